The van der Waals surface area contributed by atoms with Crippen LogP contribution < -0.4 is 16.4 Å². The smallest absolute Gasteiger partial charge is 0.272 e. The Morgan fingerprint density at radius 3 is 2.91 bits per heavy atom. The summed E-state index contributed by atoms with van der Waals surface area (Å²) in [7, 11) is 0. The Morgan fingerprint density at radius 1 is 1.33 bits per heavy atom. The molecular weight excluding hydrogens is 458 g/mol. The van der Waals surface area contributed by atoms with Gasteiger partial charge in [-0.15, -0.1) is 0 Å². The molecule has 33 heavy (non-hydrogen) atoms. The van der Waals surface area contributed by atoms with Crippen LogP contribution in [-0.4, -0.2) is 38.0 Å². The van der Waals surface area contributed by atoms with Crippen molar-refractivity contribution in [3.05, 3.63) is 77.0 Å². The molecule has 2 atom stereocenters. The van der Waals surface area contributed by atoms with Gasteiger partial charge in [0.25, 0.3) is 5.91 Å². The molecule has 0 spiro atoms. The fraction of sp³-hybridized carbons (Fsp3) is 0.304. The van der Waals surface area contributed by atoms with Crippen LogP contribution in [0.25, 0.3) is 5.82 Å². The molecule has 4 N–H and O–H groups in total. The van der Waals surface area contributed by atoms with Gasteiger partial charge in [0, 0.05) is 35.6 Å². The molecule has 1 aliphatic rings. The molecule has 0 radical (unpaired) electrons. The van der Waals surface area contributed by atoms with Crippen LogP contribution in [0.15, 0.2) is 55.1 Å². The van der Waals surface area contributed by atoms with Gasteiger partial charge in [-0.2, -0.15) is 18.5 Å². The molecular formula is C23H28ClN7OS. The minimum atomic E-state index is -0.368. The standard InChI is InChI=1S/C23H26ClN7O.H2S/c1-15-12-26-23(28-18-8-3-2-4-9-18)30-21(15)31-13-20(27-14-31)22(32)29-19(11-25)16-6-5-7-17(24)10-16;/h2-3,5-7,10,12-14,18-19H,4,8-9,11,25H2,1H3,(H,29,32)(H,26,28,30);1H2/t18?,19-;/m1./s1. The van der Waals surface area contributed by atoms with Crippen LogP contribution in [0.4, 0.5) is 5.95 Å². The monoisotopic (exact) mass is 485 g/mol. The topological polar surface area (TPSA) is 111 Å². The van der Waals surface area contributed by atoms with E-state index in [-0.39, 0.29) is 37.7 Å². The number of halogens is 1. The summed E-state index contributed by atoms with van der Waals surface area (Å²) in [6.45, 7) is 2.16. The van der Waals surface area contributed by atoms with E-state index in [0.29, 0.717) is 22.8 Å². The van der Waals surface area contributed by atoms with Crippen molar-refractivity contribution in [1.82, 2.24) is 24.8 Å². The molecule has 0 saturated heterocycles. The summed E-state index contributed by atoms with van der Waals surface area (Å²) < 4.78 is 1.73. The van der Waals surface area contributed by atoms with Gasteiger partial charge in [0.15, 0.2) is 0 Å². The molecule has 1 unspecified atom stereocenters. The number of aryl methyl sites for hydroxylation is 1. The quantitative estimate of drug-likeness (QED) is 0.440. The molecule has 1 aromatic carbocycles. The largest absolute Gasteiger partial charge is 0.351 e. The van der Waals surface area contributed by atoms with Crippen LogP contribution in [0.2, 0.25) is 5.02 Å². The summed E-state index contributed by atoms with van der Waals surface area (Å²) in [4.78, 5) is 26.1. The van der Waals surface area contributed by atoms with E-state index in [1.165, 1.54) is 0 Å². The molecule has 0 fully saturated rings. The van der Waals surface area contributed by atoms with Crippen LogP contribution in [0.1, 0.15) is 46.9 Å². The Hall–Kier alpha value is -2.88. The van der Waals surface area contributed by atoms with E-state index in [1.54, 1.807) is 35.4 Å². The first kappa shape index (κ1) is 24.8. The van der Waals surface area contributed by atoms with Crippen LogP contribution in [0.5, 0.6) is 0 Å². The number of imidazole rings is 1. The fourth-order valence-electron chi connectivity index (χ4n) is 3.66. The zero-order chi connectivity index (χ0) is 22.5. The number of nitrogens with two attached hydrogens (primary N) is 1. The van der Waals surface area contributed by atoms with E-state index in [1.807, 2.05) is 19.1 Å². The zero-order valence-electron chi connectivity index (χ0n) is 18.3. The van der Waals surface area contributed by atoms with Crippen LogP contribution >= 0.6 is 25.1 Å². The second-order valence-electron chi connectivity index (χ2n) is 7.81. The maximum atomic E-state index is 12.8. The number of nitrogens with one attached hydrogen (secondary N) is 2. The molecule has 8 nitrogen and oxygen atoms in total. The molecule has 4 rings (SSSR count). The Morgan fingerprint density at radius 2 is 2.18 bits per heavy atom. The number of allylic oxidation sites excluding steroid dienone is 1. The SMILES string of the molecule is Cc1cnc(NC2CC=CCC2)nc1-n1cnc(C(=O)N[C@H](CN)c2cccc(Cl)c2)c1.S. The number of nitrogens with zero attached hydrogens (tertiary/aromatic N) is 4. The lowest BCUT2D eigenvalue weighted by Crippen LogP contribution is -2.33. The number of hydrogen-bond acceptors (Lipinski definition) is 6. The summed E-state index contributed by atoms with van der Waals surface area (Å²) in [6, 6.07) is 7.23. The lowest BCUT2D eigenvalue weighted by molar-refractivity contribution is 0.0933. The van der Waals surface area contributed by atoms with Gasteiger partial charge in [0.2, 0.25) is 5.95 Å². The Kier molecular flexibility index (Phi) is 8.49. The molecule has 174 valence electrons. The number of anilines is 1. The molecule has 0 saturated carbocycles. The van der Waals surface area contributed by atoms with Crippen molar-refractivity contribution in [1.29, 1.82) is 0 Å². The Labute approximate surface area is 205 Å². The minimum Gasteiger partial charge on any atom is -0.351 e. The van der Waals surface area contributed by atoms with E-state index < -0.39 is 0 Å². The summed E-state index contributed by atoms with van der Waals surface area (Å²) in [5.41, 5.74) is 7.87. The molecule has 2 aromatic heterocycles. The number of hydrogen-bond donors (Lipinski definition) is 3. The Balaban J connectivity index is 0.00000306. The average molecular weight is 486 g/mol. The first-order valence-corrected chi connectivity index (χ1v) is 11.0. The van der Waals surface area contributed by atoms with Gasteiger partial charge in [-0.25, -0.2) is 9.97 Å². The third kappa shape index (κ3) is 6.13. The summed E-state index contributed by atoms with van der Waals surface area (Å²) in [6.07, 6.45) is 12.4. The first-order valence-electron chi connectivity index (χ1n) is 10.6. The van der Waals surface area contributed by atoms with E-state index in [9.17, 15) is 4.79 Å². The third-order valence-electron chi connectivity index (χ3n) is 5.40. The van der Waals surface area contributed by atoms with Crippen molar-refractivity contribution in [2.24, 2.45) is 5.73 Å². The van der Waals surface area contributed by atoms with E-state index in [0.717, 1.165) is 30.4 Å². The minimum absolute atomic E-state index is 0. The second kappa shape index (κ2) is 11.3. The van der Waals surface area contributed by atoms with Crippen molar-refractivity contribution in [3.63, 3.8) is 0 Å². The maximum absolute atomic E-state index is 12.8. The van der Waals surface area contributed by atoms with E-state index in [2.05, 4.69) is 37.7 Å². The third-order valence-corrected chi connectivity index (χ3v) is 5.63. The molecule has 1 amide bonds. The number of benzene rings is 1. The molecule has 2 heterocycles. The fourth-order valence-corrected chi connectivity index (χ4v) is 3.86. The van der Waals surface area contributed by atoms with Crippen LogP contribution in [0.3, 0.4) is 0 Å². The average Bonchev–Trinajstić information content (AvgIpc) is 3.29. The summed E-state index contributed by atoms with van der Waals surface area (Å²) in [5.74, 6) is 0.915. The highest BCUT2D eigenvalue weighted by molar-refractivity contribution is 7.59. The van der Waals surface area contributed by atoms with Crippen molar-refractivity contribution in [2.75, 3.05) is 11.9 Å². The van der Waals surface area contributed by atoms with Gasteiger partial charge in [0.05, 0.1) is 6.04 Å². The van der Waals surface area contributed by atoms with Crippen molar-refractivity contribution >= 4 is 37.0 Å². The summed E-state index contributed by atoms with van der Waals surface area (Å²) in [5, 5.41) is 6.90. The predicted octanol–water partition coefficient (Wildman–Crippen LogP) is 3.69. The predicted molar refractivity (Wildman–Crippen MR) is 135 cm³/mol. The normalized spacial score (nSPS) is 16.0. The summed E-state index contributed by atoms with van der Waals surface area (Å²) >= 11 is 6.07. The van der Waals surface area contributed by atoms with Crippen LogP contribution in [-0.2, 0) is 0 Å². The van der Waals surface area contributed by atoms with E-state index in [4.69, 9.17) is 17.3 Å². The first-order chi connectivity index (χ1) is 15.5. The number of aromatic nitrogens is 4. The molecule has 0 bridgehead atoms. The number of amides is 1. The Bertz CT molecular complexity index is 1130. The molecule has 1 aliphatic carbocycles. The van der Waals surface area contributed by atoms with Crippen molar-refractivity contribution in [2.45, 2.75) is 38.3 Å². The lowest BCUT2D eigenvalue weighted by Gasteiger charge is -2.19. The number of rotatable bonds is 7. The van der Waals surface area contributed by atoms with Gasteiger partial charge < -0.3 is 16.4 Å². The zero-order valence-corrected chi connectivity index (χ0v) is 20.1. The second-order valence-corrected chi connectivity index (χ2v) is 8.25. The number of carbonyl (C=O) groups is 1. The molecule has 0 aliphatic heterocycles. The molecule has 10 heteroatoms. The van der Waals surface area contributed by atoms with Crippen molar-refractivity contribution in [3.8, 4) is 5.82 Å². The van der Waals surface area contributed by atoms with Crippen LogP contribution in [0, 0.1) is 6.92 Å². The van der Waals surface area contributed by atoms with Crippen molar-refractivity contribution < 1.29 is 4.79 Å². The van der Waals surface area contributed by atoms with Gasteiger partial charge in [-0.1, -0.05) is 35.9 Å². The van der Waals surface area contributed by atoms with E-state index >= 15 is 0 Å². The van der Waals surface area contributed by atoms with Gasteiger partial charge in [-0.3, -0.25) is 9.36 Å². The highest BCUT2D eigenvalue weighted by Gasteiger charge is 2.18. The van der Waals surface area contributed by atoms with Gasteiger partial charge in [-0.05, 0) is 43.9 Å². The lowest BCUT2D eigenvalue weighted by atomic mass is 10.0. The van der Waals surface area contributed by atoms with Gasteiger partial charge in [0.1, 0.15) is 17.8 Å². The number of carbonyl (C=O) groups excluding carboxylic acids is 1. The molecule has 3 aromatic rings. The maximum Gasteiger partial charge on any atom is 0.272 e. The highest BCUT2D eigenvalue weighted by atomic mass is 35.5. The highest BCUT2D eigenvalue weighted by Crippen LogP contribution is 2.19. The van der Waals surface area contributed by atoms with Gasteiger partial charge >= 0.3 is 0 Å².